The molecule has 0 saturated carbocycles. The molecule has 0 heterocycles. The summed E-state index contributed by atoms with van der Waals surface area (Å²) in [6.45, 7) is 4.09. The van der Waals surface area contributed by atoms with Crippen LogP contribution in [0, 0.1) is 0 Å². The number of carbonyl (C=O) groups is 2. The van der Waals surface area contributed by atoms with Gasteiger partial charge in [0.15, 0.2) is 0 Å². The van der Waals surface area contributed by atoms with Crippen molar-refractivity contribution >= 4 is 19.4 Å². The highest BCUT2D eigenvalue weighted by Crippen LogP contribution is 2.51. The molecule has 0 radical (unpaired) electrons. The Hall–Kier alpha value is -2.47. The summed E-state index contributed by atoms with van der Waals surface area (Å²) in [5.74, 6) is -0.944. The highest BCUT2D eigenvalue weighted by atomic mass is 31.2. The number of nitrogens with one attached hydrogen (secondary N) is 1. The minimum atomic E-state index is -3.22. The van der Waals surface area contributed by atoms with E-state index in [9.17, 15) is 14.2 Å². The predicted molar refractivity (Wildman–Crippen MR) is 121 cm³/mol. The number of nitrogens with two attached hydrogens (primary N) is 1. The van der Waals surface area contributed by atoms with E-state index in [1.165, 1.54) is 5.56 Å². The van der Waals surface area contributed by atoms with E-state index in [4.69, 9.17) is 14.8 Å². The molecule has 0 aromatic heterocycles. The summed E-state index contributed by atoms with van der Waals surface area (Å²) in [7, 11) is -3.22. The Kier molecular flexibility index (Phi) is 9.92. The second kappa shape index (κ2) is 12.4. The number of rotatable bonds is 13. The standard InChI is InChI=1S/C23H31N2O5P/c1-3-29-31(28,30-4-2)17-19-13-15-20(16-14-19)23(27)25-21(22(24)26)12-8-11-18-9-6-5-7-10-18/h5-7,9-10,13-16,21H,3-4,8,11-12,17H2,1-2H3,(H2,24,26)(H,25,27)/t21-/m1/s1. The molecule has 2 aromatic carbocycles. The lowest BCUT2D eigenvalue weighted by atomic mass is 10.0. The molecule has 3 N–H and O–H groups in total. The van der Waals surface area contributed by atoms with E-state index >= 15 is 0 Å². The van der Waals surface area contributed by atoms with Crippen molar-refractivity contribution < 1.29 is 23.2 Å². The van der Waals surface area contributed by atoms with E-state index in [-0.39, 0.29) is 25.3 Å². The first-order valence-electron chi connectivity index (χ1n) is 10.5. The Balaban J connectivity index is 1.94. The summed E-state index contributed by atoms with van der Waals surface area (Å²) < 4.78 is 23.3. The number of primary amides is 1. The minimum absolute atomic E-state index is 0.125. The van der Waals surface area contributed by atoms with Gasteiger partial charge in [0.2, 0.25) is 5.91 Å². The van der Waals surface area contributed by atoms with Gasteiger partial charge in [-0.25, -0.2) is 0 Å². The van der Waals surface area contributed by atoms with Crippen LogP contribution in [0.15, 0.2) is 54.6 Å². The third-order valence-electron chi connectivity index (χ3n) is 4.69. The predicted octanol–water partition coefficient (Wildman–Crippen LogP) is 4.06. The van der Waals surface area contributed by atoms with E-state index < -0.39 is 19.5 Å². The summed E-state index contributed by atoms with van der Waals surface area (Å²) >= 11 is 0. The smallest absolute Gasteiger partial charge is 0.335 e. The Labute approximate surface area is 183 Å². The third-order valence-corrected chi connectivity index (χ3v) is 6.75. The fraction of sp³-hybridized carbons (Fsp3) is 0.391. The van der Waals surface area contributed by atoms with Crippen LogP contribution >= 0.6 is 7.60 Å². The molecule has 0 aliphatic carbocycles. The van der Waals surface area contributed by atoms with Crippen LogP contribution in [0.1, 0.15) is 48.2 Å². The zero-order valence-corrected chi connectivity index (χ0v) is 19.0. The minimum Gasteiger partial charge on any atom is -0.368 e. The van der Waals surface area contributed by atoms with E-state index in [0.29, 0.717) is 12.0 Å². The quantitative estimate of drug-likeness (QED) is 0.451. The molecule has 7 nitrogen and oxygen atoms in total. The molecule has 0 saturated heterocycles. The Bertz CT molecular complexity index is 877. The van der Waals surface area contributed by atoms with Gasteiger partial charge in [-0.15, -0.1) is 0 Å². The number of benzene rings is 2. The summed E-state index contributed by atoms with van der Waals surface area (Å²) in [6, 6.07) is 15.8. The van der Waals surface area contributed by atoms with Crippen LogP contribution in [0.3, 0.4) is 0 Å². The maximum Gasteiger partial charge on any atom is 0.335 e. The van der Waals surface area contributed by atoms with Crippen LogP contribution in [0.4, 0.5) is 0 Å². The first-order valence-corrected chi connectivity index (χ1v) is 12.2. The largest absolute Gasteiger partial charge is 0.368 e. The molecule has 8 heteroatoms. The number of carbonyl (C=O) groups excluding carboxylic acids is 2. The molecular formula is C23H31N2O5P. The normalized spacial score (nSPS) is 12.3. The van der Waals surface area contributed by atoms with E-state index in [1.54, 1.807) is 38.1 Å². The van der Waals surface area contributed by atoms with Gasteiger partial charge in [0.1, 0.15) is 6.04 Å². The van der Waals surface area contributed by atoms with Crippen LogP contribution in [0.5, 0.6) is 0 Å². The van der Waals surface area contributed by atoms with Gasteiger partial charge in [-0.2, -0.15) is 0 Å². The fourth-order valence-electron chi connectivity index (χ4n) is 3.19. The lowest BCUT2D eigenvalue weighted by Crippen LogP contribution is -2.44. The summed E-state index contributed by atoms with van der Waals surface area (Å²) in [5.41, 5.74) is 7.77. The average Bonchev–Trinajstić information content (AvgIpc) is 2.74. The SMILES string of the molecule is CCOP(=O)(Cc1ccc(C(=O)N[C@H](CCCc2ccccc2)C(N)=O)cc1)OCC. The molecule has 0 fully saturated rings. The van der Waals surface area contributed by atoms with Crippen molar-refractivity contribution in [3.05, 3.63) is 71.3 Å². The zero-order valence-electron chi connectivity index (χ0n) is 18.1. The highest BCUT2D eigenvalue weighted by molar-refractivity contribution is 7.53. The molecule has 0 aliphatic heterocycles. The molecule has 0 unspecified atom stereocenters. The summed E-state index contributed by atoms with van der Waals surface area (Å²) in [6.07, 6.45) is 2.11. The van der Waals surface area contributed by atoms with E-state index in [1.807, 2.05) is 30.3 Å². The molecule has 31 heavy (non-hydrogen) atoms. The lowest BCUT2D eigenvalue weighted by Gasteiger charge is -2.17. The Morgan fingerprint density at radius 2 is 1.58 bits per heavy atom. The van der Waals surface area contributed by atoms with Crippen molar-refractivity contribution in [2.45, 2.75) is 45.3 Å². The van der Waals surface area contributed by atoms with Gasteiger partial charge in [-0.1, -0.05) is 42.5 Å². The fourth-order valence-corrected chi connectivity index (χ4v) is 4.89. The molecule has 2 rings (SSSR count). The second-order valence-electron chi connectivity index (χ2n) is 7.11. The van der Waals surface area contributed by atoms with Crippen molar-refractivity contribution in [2.75, 3.05) is 13.2 Å². The van der Waals surface area contributed by atoms with Crippen molar-refractivity contribution in [1.29, 1.82) is 0 Å². The van der Waals surface area contributed by atoms with Crippen LogP contribution in [-0.2, 0) is 31.0 Å². The monoisotopic (exact) mass is 446 g/mol. The third kappa shape index (κ3) is 8.29. The van der Waals surface area contributed by atoms with Gasteiger partial charge in [0, 0.05) is 5.56 Å². The topological polar surface area (TPSA) is 108 Å². The molecule has 168 valence electrons. The van der Waals surface area contributed by atoms with Crippen molar-refractivity contribution in [3.8, 4) is 0 Å². The molecule has 0 bridgehead atoms. The first-order chi connectivity index (χ1) is 14.9. The average molecular weight is 446 g/mol. The summed E-state index contributed by atoms with van der Waals surface area (Å²) in [5, 5.41) is 2.71. The summed E-state index contributed by atoms with van der Waals surface area (Å²) in [4.78, 5) is 24.4. The van der Waals surface area contributed by atoms with Crippen molar-refractivity contribution in [3.63, 3.8) is 0 Å². The van der Waals surface area contributed by atoms with E-state index in [0.717, 1.165) is 18.4 Å². The van der Waals surface area contributed by atoms with Gasteiger partial charge in [-0.3, -0.25) is 14.2 Å². The van der Waals surface area contributed by atoms with Gasteiger partial charge in [-0.05, 0) is 56.4 Å². The second-order valence-corrected chi connectivity index (χ2v) is 9.16. The molecule has 1 atom stereocenters. The number of amides is 2. The van der Waals surface area contributed by atoms with Crippen molar-refractivity contribution in [1.82, 2.24) is 5.32 Å². The molecule has 2 aromatic rings. The van der Waals surface area contributed by atoms with Crippen LogP contribution in [-0.4, -0.2) is 31.1 Å². The van der Waals surface area contributed by atoms with Crippen molar-refractivity contribution in [2.24, 2.45) is 5.73 Å². The van der Waals surface area contributed by atoms with Crippen LogP contribution in [0.2, 0.25) is 0 Å². The van der Waals surface area contributed by atoms with Crippen LogP contribution < -0.4 is 11.1 Å². The molecule has 0 aliphatic rings. The maximum atomic E-state index is 12.6. The van der Waals surface area contributed by atoms with Gasteiger partial charge < -0.3 is 20.1 Å². The van der Waals surface area contributed by atoms with Gasteiger partial charge >= 0.3 is 7.60 Å². The lowest BCUT2D eigenvalue weighted by molar-refractivity contribution is -0.120. The molecule has 2 amide bonds. The first kappa shape index (κ1) is 24.8. The van der Waals surface area contributed by atoms with Gasteiger partial charge in [0.05, 0.1) is 19.4 Å². The maximum absolute atomic E-state index is 12.6. The van der Waals surface area contributed by atoms with Crippen LogP contribution in [0.25, 0.3) is 0 Å². The zero-order chi connectivity index (χ0) is 22.7. The number of aryl methyl sites for hydroxylation is 1. The number of hydrogen-bond donors (Lipinski definition) is 2. The number of hydrogen-bond acceptors (Lipinski definition) is 5. The molecular weight excluding hydrogens is 415 g/mol. The Morgan fingerprint density at radius 1 is 0.968 bits per heavy atom. The Morgan fingerprint density at radius 3 is 2.13 bits per heavy atom. The van der Waals surface area contributed by atoms with Gasteiger partial charge in [0.25, 0.3) is 5.91 Å². The highest BCUT2D eigenvalue weighted by Gasteiger charge is 2.24. The van der Waals surface area contributed by atoms with E-state index in [2.05, 4.69) is 5.32 Å². The molecule has 0 spiro atoms.